The van der Waals surface area contributed by atoms with E-state index in [2.05, 4.69) is 0 Å². The van der Waals surface area contributed by atoms with E-state index in [-0.39, 0.29) is 5.92 Å². The topological polar surface area (TPSA) is 60.8 Å². The summed E-state index contributed by atoms with van der Waals surface area (Å²) in [4.78, 5) is 17.4. The zero-order valence-corrected chi connectivity index (χ0v) is 8.51. The van der Waals surface area contributed by atoms with E-state index < -0.39 is 13.4 Å². The van der Waals surface area contributed by atoms with Crippen LogP contribution in [0.4, 0.5) is 0 Å². The number of rotatable bonds is 3. The molecule has 7 heteroatoms. The summed E-state index contributed by atoms with van der Waals surface area (Å²) in [5, 5.41) is 0. The van der Waals surface area contributed by atoms with Crippen LogP contribution in [0.1, 0.15) is 13.8 Å². The van der Waals surface area contributed by atoms with Gasteiger partial charge in [-0.15, -0.1) is 3.94 Å². The number of halogens is 2. The van der Waals surface area contributed by atoms with Crippen LogP contribution in [-0.2, 0) is 4.57 Å². The average Bonchev–Trinajstić information content (AvgIpc) is 1.54. The second kappa shape index (κ2) is 4.08. The molecule has 0 rings (SSSR count). The van der Waals surface area contributed by atoms with E-state index in [4.69, 9.17) is 33.3 Å². The van der Waals surface area contributed by atoms with Crippen LogP contribution in [0.2, 0.25) is 0 Å². The van der Waals surface area contributed by atoms with Crippen molar-refractivity contribution in [3.8, 4) is 0 Å². The third-order valence-corrected chi connectivity index (χ3v) is 3.35. The first-order valence-corrected chi connectivity index (χ1v) is 5.28. The second-order valence-electron chi connectivity index (χ2n) is 2.51. The predicted octanol–water partition coefficient (Wildman–Crippen LogP) is 1.76. The van der Waals surface area contributed by atoms with E-state index >= 15 is 0 Å². The van der Waals surface area contributed by atoms with Crippen LogP contribution in [-0.4, -0.2) is 19.5 Å². The zero-order valence-electron chi connectivity index (χ0n) is 6.11. The van der Waals surface area contributed by atoms with Gasteiger partial charge in [0.15, 0.2) is 0 Å². The number of hydrogen-bond acceptors (Lipinski definition) is 2. The normalized spacial score (nSPS) is 16.0. The minimum Gasteiger partial charge on any atom is -0.323 e. The van der Waals surface area contributed by atoms with Gasteiger partial charge in [-0.25, -0.2) is 0 Å². The molecule has 0 aromatic rings. The molecule has 0 aliphatic rings. The highest BCUT2D eigenvalue weighted by atomic mass is 35.5. The Bertz CT molecular complexity index is 161. The van der Waals surface area contributed by atoms with Crippen LogP contribution >= 0.6 is 31.1 Å². The van der Waals surface area contributed by atoms with Gasteiger partial charge in [0.25, 0.3) is 0 Å². The van der Waals surface area contributed by atoms with Crippen LogP contribution in [0.3, 0.4) is 0 Å². The Morgan fingerprint density at radius 1 is 1.36 bits per heavy atom. The summed E-state index contributed by atoms with van der Waals surface area (Å²) in [5.41, 5.74) is 0. The van der Waals surface area contributed by atoms with E-state index in [1.807, 2.05) is 0 Å². The highest BCUT2D eigenvalue weighted by Crippen LogP contribution is 2.47. The van der Waals surface area contributed by atoms with E-state index in [1.165, 1.54) is 0 Å². The molecule has 1 unspecified atom stereocenters. The summed E-state index contributed by atoms with van der Waals surface area (Å²) in [6, 6.07) is 0. The fourth-order valence-corrected chi connectivity index (χ4v) is 2.86. The lowest BCUT2D eigenvalue weighted by Crippen LogP contribution is -2.25. The zero-order chi connectivity index (χ0) is 9.23. The first-order chi connectivity index (χ1) is 4.76. The molecule has 4 nitrogen and oxygen atoms in total. The van der Waals surface area contributed by atoms with Crippen molar-refractivity contribution in [2.75, 3.05) is 0 Å². The Morgan fingerprint density at radius 3 is 1.73 bits per heavy atom. The van der Waals surface area contributed by atoms with E-state index in [0.29, 0.717) is 3.94 Å². The second-order valence-corrected chi connectivity index (χ2v) is 5.11. The summed E-state index contributed by atoms with van der Waals surface area (Å²) in [7, 11) is -4.23. The molecule has 0 heterocycles. The van der Waals surface area contributed by atoms with Gasteiger partial charge in [0.1, 0.15) is 5.78 Å². The lowest BCUT2D eigenvalue weighted by atomic mass is 10.2. The minimum atomic E-state index is -4.23. The SMILES string of the molecule is CC(C)C(N(Cl)Cl)P(=O)(O)O. The van der Waals surface area contributed by atoms with Crippen molar-refractivity contribution in [2.45, 2.75) is 19.6 Å². The van der Waals surface area contributed by atoms with Crippen LogP contribution in [0.25, 0.3) is 0 Å². The molecule has 11 heavy (non-hydrogen) atoms. The van der Waals surface area contributed by atoms with Crippen LogP contribution in [0.5, 0.6) is 0 Å². The lowest BCUT2D eigenvalue weighted by molar-refractivity contribution is 0.314. The van der Waals surface area contributed by atoms with Gasteiger partial charge in [0.05, 0.1) is 0 Å². The highest BCUT2D eigenvalue weighted by Gasteiger charge is 2.36. The largest absolute Gasteiger partial charge is 0.345 e. The molecule has 2 N–H and O–H groups in total. The fourth-order valence-electron chi connectivity index (χ4n) is 0.727. The Labute approximate surface area is 75.5 Å². The molecule has 68 valence electrons. The first kappa shape index (κ1) is 11.7. The molecule has 0 aromatic carbocycles. The molecule has 0 radical (unpaired) electrons. The fraction of sp³-hybridized carbons (Fsp3) is 1.00. The van der Waals surface area contributed by atoms with Gasteiger partial charge in [0.2, 0.25) is 0 Å². The molecule has 0 fully saturated rings. The van der Waals surface area contributed by atoms with Gasteiger partial charge >= 0.3 is 7.60 Å². The monoisotopic (exact) mass is 221 g/mol. The van der Waals surface area contributed by atoms with Gasteiger partial charge in [-0.05, 0) is 29.5 Å². The quantitative estimate of drug-likeness (QED) is 0.564. The molecule has 0 aromatic heterocycles. The van der Waals surface area contributed by atoms with Gasteiger partial charge in [-0.2, -0.15) is 0 Å². The molecule has 0 saturated heterocycles. The van der Waals surface area contributed by atoms with Crippen LogP contribution in [0.15, 0.2) is 0 Å². The van der Waals surface area contributed by atoms with Crippen molar-refractivity contribution in [2.24, 2.45) is 5.92 Å². The number of hydrogen-bond donors (Lipinski definition) is 2. The molecule has 0 amide bonds. The minimum absolute atomic E-state index is 0.300. The molecular weight excluding hydrogens is 212 g/mol. The maximum atomic E-state index is 10.7. The third kappa shape index (κ3) is 3.74. The Morgan fingerprint density at radius 2 is 1.73 bits per heavy atom. The van der Waals surface area contributed by atoms with Gasteiger partial charge in [0, 0.05) is 0 Å². The maximum absolute atomic E-state index is 10.7. The molecule has 0 spiro atoms. The van der Waals surface area contributed by atoms with Crippen molar-refractivity contribution in [1.82, 2.24) is 3.94 Å². The summed E-state index contributed by atoms with van der Waals surface area (Å²) in [6.45, 7) is 3.25. The third-order valence-electron chi connectivity index (χ3n) is 1.14. The van der Waals surface area contributed by atoms with Gasteiger partial charge < -0.3 is 9.79 Å². The first-order valence-electron chi connectivity index (χ1n) is 2.93. The number of nitrogens with zero attached hydrogens (tertiary/aromatic N) is 1. The summed E-state index contributed by atoms with van der Waals surface area (Å²) >= 11 is 10.5. The molecule has 0 aliphatic carbocycles. The highest BCUT2D eigenvalue weighted by molar-refractivity contribution is 7.52. The van der Waals surface area contributed by atoms with Crippen LogP contribution < -0.4 is 0 Å². The molecule has 0 bridgehead atoms. The lowest BCUT2D eigenvalue weighted by Gasteiger charge is -2.23. The van der Waals surface area contributed by atoms with Crippen LogP contribution in [0, 0.1) is 5.92 Å². The summed E-state index contributed by atoms with van der Waals surface area (Å²) in [5.74, 6) is -1.43. The molecule has 1 atom stereocenters. The van der Waals surface area contributed by atoms with Crippen molar-refractivity contribution < 1.29 is 14.4 Å². The van der Waals surface area contributed by atoms with Crippen molar-refractivity contribution in [1.29, 1.82) is 0 Å². The standard InChI is InChI=1S/C4H10Cl2NO3P/c1-3(2)4(7(5)6)11(8,9)10/h3-4H,1-2H3,(H2,8,9,10). The maximum Gasteiger partial charge on any atom is 0.345 e. The Kier molecular flexibility index (Phi) is 4.33. The summed E-state index contributed by atoms with van der Waals surface area (Å²) < 4.78 is 11.2. The van der Waals surface area contributed by atoms with Gasteiger partial charge in [-0.1, -0.05) is 13.8 Å². The van der Waals surface area contributed by atoms with Crippen molar-refractivity contribution >= 4 is 31.1 Å². The van der Waals surface area contributed by atoms with Gasteiger partial charge in [-0.3, -0.25) is 4.57 Å². The molecule has 0 saturated carbocycles. The molecule has 0 aliphatic heterocycles. The van der Waals surface area contributed by atoms with Crippen molar-refractivity contribution in [3.63, 3.8) is 0 Å². The van der Waals surface area contributed by atoms with Crippen molar-refractivity contribution in [3.05, 3.63) is 0 Å². The Balaban J connectivity index is 4.49. The molecular formula is C4H10Cl2NO3P. The predicted molar refractivity (Wildman–Crippen MR) is 44.2 cm³/mol. The van der Waals surface area contributed by atoms with E-state index in [0.717, 1.165) is 0 Å². The Hall–Kier alpha value is 0.690. The average molecular weight is 222 g/mol. The smallest absolute Gasteiger partial charge is 0.323 e. The van der Waals surface area contributed by atoms with E-state index in [1.54, 1.807) is 13.8 Å². The summed E-state index contributed by atoms with van der Waals surface area (Å²) in [6.07, 6.45) is 0. The van der Waals surface area contributed by atoms with E-state index in [9.17, 15) is 4.57 Å².